The number of fused-ring (bicyclic) bond motifs is 3. The first-order valence-electron chi connectivity index (χ1n) is 11.7. The highest BCUT2D eigenvalue weighted by atomic mass is 127. The summed E-state index contributed by atoms with van der Waals surface area (Å²) in [6.45, 7) is 0. The molecule has 6 rings (SSSR count). The van der Waals surface area contributed by atoms with Crippen molar-refractivity contribution in [2.45, 2.75) is 18.9 Å². The van der Waals surface area contributed by atoms with Crippen LogP contribution in [0.2, 0.25) is 0 Å². The van der Waals surface area contributed by atoms with Crippen molar-refractivity contribution in [1.82, 2.24) is 4.57 Å². The van der Waals surface area contributed by atoms with Crippen LogP contribution in [-0.2, 0) is 6.42 Å². The molecule has 0 fully saturated rings. The number of halogens is 1. The lowest BCUT2D eigenvalue weighted by Gasteiger charge is -2.31. The molecular weight excluding hydrogens is 583 g/mol. The molecule has 0 bridgehead atoms. The summed E-state index contributed by atoms with van der Waals surface area (Å²) in [6.07, 6.45) is 3.74. The minimum absolute atomic E-state index is 0.0252. The molecule has 1 aromatic heterocycles. The van der Waals surface area contributed by atoms with Crippen molar-refractivity contribution in [2.24, 2.45) is 4.99 Å². The lowest BCUT2D eigenvalue weighted by molar-refractivity contribution is 0.412. The van der Waals surface area contributed by atoms with Gasteiger partial charge in [-0.1, -0.05) is 53.8 Å². The molecule has 1 atom stereocenters. The molecule has 5 nitrogen and oxygen atoms in total. The van der Waals surface area contributed by atoms with Crippen molar-refractivity contribution < 1.29 is 9.47 Å². The van der Waals surface area contributed by atoms with Crippen molar-refractivity contribution in [1.29, 1.82) is 0 Å². The number of rotatable bonds is 4. The smallest absolute Gasteiger partial charge is 0.271 e. The molecule has 0 amide bonds. The number of benzene rings is 3. The molecule has 0 radical (unpaired) electrons. The van der Waals surface area contributed by atoms with E-state index in [1.165, 1.54) is 22.5 Å². The fourth-order valence-corrected chi connectivity index (χ4v) is 6.82. The number of aryl methyl sites for hydroxylation is 1. The topological polar surface area (TPSA) is 52.8 Å². The Kier molecular flexibility index (Phi) is 6.05. The first-order chi connectivity index (χ1) is 17.6. The highest BCUT2D eigenvalue weighted by Crippen LogP contribution is 2.41. The van der Waals surface area contributed by atoms with Crippen LogP contribution in [0.3, 0.4) is 0 Å². The molecule has 7 heteroatoms. The minimum atomic E-state index is -0.224. The Morgan fingerprint density at radius 3 is 2.69 bits per heavy atom. The van der Waals surface area contributed by atoms with E-state index in [1.54, 1.807) is 14.2 Å². The van der Waals surface area contributed by atoms with Gasteiger partial charge in [0.15, 0.2) is 4.80 Å². The number of allylic oxidation sites excluding steroid dienone is 1. The Morgan fingerprint density at radius 2 is 1.89 bits per heavy atom. The summed E-state index contributed by atoms with van der Waals surface area (Å²) in [5.74, 6) is 1.59. The molecule has 0 unspecified atom stereocenters. The average molecular weight is 606 g/mol. The second-order valence-electron chi connectivity index (χ2n) is 8.78. The third-order valence-electron chi connectivity index (χ3n) is 6.76. The SMILES string of the molecule is COc1cccc([C@@H]2C3=C(N=c4s/c(=C\c5ccc(OC)c(I)c5)c(=O)n42)c2ccccc2CC3)c1. The van der Waals surface area contributed by atoms with Gasteiger partial charge < -0.3 is 9.47 Å². The van der Waals surface area contributed by atoms with E-state index in [0.717, 1.165) is 55.1 Å². The van der Waals surface area contributed by atoms with E-state index in [9.17, 15) is 4.79 Å². The molecule has 1 aliphatic heterocycles. The number of methoxy groups -OCH3 is 2. The summed E-state index contributed by atoms with van der Waals surface area (Å²) in [5.41, 5.74) is 6.60. The van der Waals surface area contributed by atoms with Crippen LogP contribution in [0.25, 0.3) is 11.8 Å². The first-order valence-corrected chi connectivity index (χ1v) is 13.6. The second kappa shape index (κ2) is 9.37. The Balaban J connectivity index is 1.60. The number of thiazole rings is 1. The van der Waals surface area contributed by atoms with Crippen LogP contribution in [-0.4, -0.2) is 18.8 Å². The van der Waals surface area contributed by atoms with Crippen LogP contribution in [0.5, 0.6) is 11.5 Å². The van der Waals surface area contributed by atoms with E-state index >= 15 is 0 Å². The zero-order chi connectivity index (χ0) is 24.8. The highest BCUT2D eigenvalue weighted by molar-refractivity contribution is 14.1. The number of nitrogens with zero attached hydrogens (tertiary/aromatic N) is 2. The molecule has 0 saturated carbocycles. The maximum atomic E-state index is 13.9. The molecule has 36 heavy (non-hydrogen) atoms. The summed E-state index contributed by atoms with van der Waals surface area (Å²) < 4.78 is 14.4. The third kappa shape index (κ3) is 3.90. The maximum absolute atomic E-state index is 13.9. The van der Waals surface area contributed by atoms with E-state index < -0.39 is 0 Å². The Labute approximate surface area is 226 Å². The van der Waals surface area contributed by atoms with Crippen molar-refractivity contribution in [3.8, 4) is 11.5 Å². The van der Waals surface area contributed by atoms with Gasteiger partial charge in [-0.15, -0.1) is 0 Å². The van der Waals surface area contributed by atoms with Gasteiger partial charge in [-0.05, 0) is 88.0 Å². The van der Waals surface area contributed by atoms with Gasteiger partial charge in [-0.25, -0.2) is 4.99 Å². The predicted octanol–water partition coefficient (Wildman–Crippen LogP) is 4.94. The fourth-order valence-electron chi connectivity index (χ4n) is 5.06. The first kappa shape index (κ1) is 23.2. The maximum Gasteiger partial charge on any atom is 0.271 e. The zero-order valence-electron chi connectivity index (χ0n) is 19.8. The molecule has 4 aromatic rings. The van der Waals surface area contributed by atoms with Crippen LogP contribution < -0.4 is 24.4 Å². The van der Waals surface area contributed by atoms with Gasteiger partial charge in [0.2, 0.25) is 0 Å². The number of ether oxygens (including phenoxy) is 2. The quantitative estimate of drug-likeness (QED) is 0.310. The second-order valence-corrected chi connectivity index (χ2v) is 11.0. The Bertz CT molecular complexity index is 1720. The average Bonchev–Trinajstić information content (AvgIpc) is 3.21. The van der Waals surface area contributed by atoms with Crippen LogP contribution in [0.15, 0.2) is 82.1 Å². The van der Waals surface area contributed by atoms with Gasteiger partial charge in [0.1, 0.15) is 11.5 Å². The highest BCUT2D eigenvalue weighted by Gasteiger charge is 2.32. The Morgan fingerprint density at radius 1 is 1.03 bits per heavy atom. The van der Waals surface area contributed by atoms with Gasteiger partial charge in [-0.2, -0.15) is 0 Å². The molecule has 180 valence electrons. The molecule has 0 spiro atoms. The van der Waals surface area contributed by atoms with Gasteiger partial charge in [-0.3, -0.25) is 9.36 Å². The van der Waals surface area contributed by atoms with E-state index in [-0.39, 0.29) is 11.6 Å². The van der Waals surface area contributed by atoms with Crippen LogP contribution in [0, 0.1) is 3.57 Å². The van der Waals surface area contributed by atoms with Gasteiger partial charge >= 0.3 is 0 Å². The molecule has 2 heterocycles. The summed E-state index contributed by atoms with van der Waals surface area (Å²) in [4.78, 5) is 19.7. The number of aromatic nitrogens is 1. The lowest BCUT2D eigenvalue weighted by Crippen LogP contribution is -2.38. The zero-order valence-corrected chi connectivity index (χ0v) is 22.8. The monoisotopic (exact) mass is 606 g/mol. The summed E-state index contributed by atoms with van der Waals surface area (Å²) in [7, 11) is 3.33. The molecule has 1 aliphatic carbocycles. The fraction of sp³-hybridized carbons (Fsp3) is 0.172. The molecular formula is C29H23IN2O3S. The molecule has 0 saturated heterocycles. The van der Waals surface area contributed by atoms with Gasteiger partial charge in [0.05, 0.1) is 34.1 Å². The van der Waals surface area contributed by atoms with Gasteiger partial charge in [0.25, 0.3) is 5.56 Å². The normalized spacial score (nSPS) is 16.6. The van der Waals surface area contributed by atoms with Crippen molar-refractivity contribution in [2.75, 3.05) is 14.2 Å². The van der Waals surface area contributed by atoms with Crippen molar-refractivity contribution in [3.05, 3.63) is 118 Å². The van der Waals surface area contributed by atoms with Crippen molar-refractivity contribution in [3.63, 3.8) is 0 Å². The van der Waals surface area contributed by atoms with Crippen LogP contribution >= 0.6 is 33.9 Å². The predicted molar refractivity (Wildman–Crippen MR) is 151 cm³/mol. The summed E-state index contributed by atoms with van der Waals surface area (Å²) >= 11 is 3.69. The number of hydrogen-bond acceptors (Lipinski definition) is 5. The van der Waals surface area contributed by atoms with Gasteiger partial charge in [0, 0.05) is 5.56 Å². The Hall–Kier alpha value is -3.17. The molecule has 0 N–H and O–H groups in total. The standard InChI is InChI=1S/C29H23IN2O3S/c1-34-20-8-5-7-19(16-20)27-22-12-11-18-6-3-4-9-21(18)26(22)31-29-32(27)28(33)25(36-29)15-17-10-13-24(35-2)23(30)14-17/h3-10,13-16,27H,11-12H2,1-2H3/b25-15-/t27-/m1/s1. The lowest BCUT2D eigenvalue weighted by atomic mass is 9.83. The largest absolute Gasteiger partial charge is 0.497 e. The van der Waals surface area contributed by atoms with Crippen LogP contribution in [0.1, 0.15) is 34.7 Å². The van der Waals surface area contributed by atoms with E-state index in [2.05, 4.69) is 52.9 Å². The molecule has 2 aliphatic rings. The number of hydrogen-bond donors (Lipinski definition) is 0. The van der Waals surface area contributed by atoms with Crippen LogP contribution in [0.4, 0.5) is 0 Å². The van der Waals surface area contributed by atoms with Crippen molar-refractivity contribution >= 4 is 45.7 Å². The summed E-state index contributed by atoms with van der Waals surface area (Å²) in [6, 6.07) is 22.2. The van der Waals surface area contributed by atoms with E-state index in [4.69, 9.17) is 14.5 Å². The third-order valence-corrected chi connectivity index (χ3v) is 8.58. The minimum Gasteiger partial charge on any atom is -0.497 e. The molecule has 3 aromatic carbocycles. The summed E-state index contributed by atoms with van der Waals surface area (Å²) in [5, 5.41) is 0. The van der Waals surface area contributed by atoms with E-state index in [1.807, 2.05) is 47.0 Å². The van der Waals surface area contributed by atoms with E-state index in [0.29, 0.717) is 4.53 Å².